The number of benzene rings is 1. The average molecular weight is 629 g/mol. The Balaban J connectivity index is 2.02. The number of H-pyrrole nitrogens is 1. The summed E-state index contributed by atoms with van der Waals surface area (Å²) in [6.07, 6.45) is -1.62. The van der Waals surface area contributed by atoms with Gasteiger partial charge in [0.25, 0.3) is 5.56 Å². The summed E-state index contributed by atoms with van der Waals surface area (Å²) >= 11 is 6.31. The van der Waals surface area contributed by atoms with Gasteiger partial charge in [-0.05, 0) is 55.5 Å². The summed E-state index contributed by atoms with van der Waals surface area (Å²) in [5.41, 5.74) is 6.88. The van der Waals surface area contributed by atoms with Crippen LogP contribution >= 0.6 is 19.3 Å². The van der Waals surface area contributed by atoms with E-state index in [9.17, 15) is 29.6 Å². The highest BCUT2D eigenvalue weighted by atomic mass is 35.5. The summed E-state index contributed by atoms with van der Waals surface area (Å²) in [6.45, 7) is 9.20. The van der Waals surface area contributed by atoms with Crippen LogP contribution in [-0.2, 0) is 23.4 Å². The van der Waals surface area contributed by atoms with Crippen molar-refractivity contribution >= 4 is 25.3 Å². The van der Waals surface area contributed by atoms with Crippen molar-refractivity contribution in [1.82, 2.24) is 14.6 Å². The van der Waals surface area contributed by atoms with Crippen LogP contribution in [0.5, 0.6) is 5.75 Å². The van der Waals surface area contributed by atoms with Gasteiger partial charge in [0.1, 0.15) is 18.0 Å². The second kappa shape index (κ2) is 13.4. The third-order valence-corrected chi connectivity index (χ3v) is 8.66. The third-order valence-electron chi connectivity index (χ3n) is 6.64. The van der Waals surface area contributed by atoms with Crippen molar-refractivity contribution in [3.8, 4) is 5.75 Å². The van der Waals surface area contributed by atoms with E-state index in [1.165, 1.54) is 13.8 Å². The number of nitrogens with zero attached hydrogens (tertiary/aromatic N) is 4. The second-order valence-electron chi connectivity index (χ2n) is 10.1. The molecule has 0 radical (unpaired) electrons. The van der Waals surface area contributed by atoms with E-state index >= 15 is 0 Å². The fourth-order valence-electron chi connectivity index (χ4n) is 4.35. The number of aliphatic hydroxyl groups excluding tert-OH is 1. The minimum absolute atomic E-state index is 0.0637. The van der Waals surface area contributed by atoms with E-state index in [4.69, 9.17) is 30.1 Å². The number of ether oxygens (including phenoxy) is 2. The van der Waals surface area contributed by atoms with Gasteiger partial charge in [-0.15, -0.1) is 0 Å². The molecular weight excluding hydrogens is 595 g/mol. The smallest absolute Gasteiger partial charge is 0.459 e. The van der Waals surface area contributed by atoms with E-state index in [0.29, 0.717) is 16.1 Å². The van der Waals surface area contributed by atoms with Gasteiger partial charge in [0.15, 0.2) is 5.72 Å². The summed E-state index contributed by atoms with van der Waals surface area (Å²) in [6, 6.07) is 3.13. The highest BCUT2D eigenvalue weighted by Crippen LogP contribution is 2.50. The Morgan fingerprint density at radius 2 is 2.07 bits per heavy atom. The second-order valence-corrected chi connectivity index (χ2v) is 12.2. The fraction of sp³-hybridized carbons (Fsp3) is 0.560. The number of carbonyl (C=O) groups is 1. The van der Waals surface area contributed by atoms with Crippen LogP contribution in [0, 0.1) is 12.8 Å². The van der Waals surface area contributed by atoms with Crippen LogP contribution in [0.3, 0.4) is 0 Å². The lowest BCUT2D eigenvalue weighted by atomic mass is 9.98. The van der Waals surface area contributed by atoms with Crippen LogP contribution < -0.4 is 20.9 Å². The predicted molar refractivity (Wildman–Crippen MR) is 152 cm³/mol. The molecule has 0 aliphatic carbocycles. The van der Waals surface area contributed by atoms with Crippen molar-refractivity contribution in [3.05, 3.63) is 71.8 Å². The summed E-state index contributed by atoms with van der Waals surface area (Å²) in [5, 5.41) is 17.7. The lowest BCUT2D eigenvalue weighted by Gasteiger charge is -2.30. The first kappa shape index (κ1) is 33.3. The van der Waals surface area contributed by atoms with E-state index in [2.05, 4.69) is 20.1 Å². The number of aromatic amines is 1. The number of azide groups is 1. The van der Waals surface area contributed by atoms with Crippen molar-refractivity contribution < 1.29 is 33.0 Å². The van der Waals surface area contributed by atoms with Gasteiger partial charge in [0, 0.05) is 28.1 Å². The number of halogens is 1. The van der Waals surface area contributed by atoms with Crippen molar-refractivity contribution in [2.24, 2.45) is 11.0 Å². The first-order valence-corrected chi connectivity index (χ1v) is 15.0. The summed E-state index contributed by atoms with van der Waals surface area (Å²) < 4.78 is 37.8. The quantitative estimate of drug-likeness (QED) is 0.101. The Kier molecular flexibility index (Phi) is 10.7. The summed E-state index contributed by atoms with van der Waals surface area (Å²) in [4.78, 5) is 41.2. The van der Waals surface area contributed by atoms with Crippen LogP contribution in [0.15, 0.2) is 39.1 Å². The topological polar surface area (TPSA) is 207 Å². The van der Waals surface area contributed by atoms with Crippen LogP contribution in [0.1, 0.15) is 57.9 Å². The maximum atomic E-state index is 14.2. The van der Waals surface area contributed by atoms with E-state index in [-0.39, 0.29) is 18.3 Å². The molecule has 0 amide bonds. The molecule has 17 heteroatoms. The highest BCUT2D eigenvalue weighted by molar-refractivity contribution is 7.52. The van der Waals surface area contributed by atoms with E-state index in [0.717, 1.165) is 16.8 Å². The molecule has 1 saturated heterocycles. The van der Waals surface area contributed by atoms with Gasteiger partial charge < -0.3 is 19.1 Å². The monoisotopic (exact) mass is 628 g/mol. The molecule has 1 aliphatic rings. The van der Waals surface area contributed by atoms with Gasteiger partial charge in [-0.2, -0.15) is 5.09 Å². The zero-order valence-electron chi connectivity index (χ0n) is 23.9. The zero-order chi connectivity index (χ0) is 31.4. The van der Waals surface area contributed by atoms with Crippen LogP contribution in [0.2, 0.25) is 5.02 Å². The molecule has 42 heavy (non-hydrogen) atoms. The lowest BCUT2D eigenvalue weighted by Crippen LogP contribution is -2.44. The molecule has 1 unspecified atom stereocenters. The molecule has 0 spiro atoms. The molecule has 1 aliphatic heterocycles. The largest absolute Gasteiger partial charge is 0.465 e. The highest BCUT2D eigenvalue weighted by Gasteiger charge is 2.55. The third kappa shape index (κ3) is 7.24. The number of hydrogen-bond acceptors (Lipinski definition) is 10. The van der Waals surface area contributed by atoms with Crippen molar-refractivity contribution in [1.29, 1.82) is 0 Å². The molecule has 1 fully saturated rings. The summed E-state index contributed by atoms with van der Waals surface area (Å²) in [7, 11) is -4.53. The van der Waals surface area contributed by atoms with Crippen LogP contribution in [0.25, 0.3) is 10.4 Å². The minimum atomic E-state index is -4.53. The molecule has 2 heterocycles. The Labute approximate surface area is 246 Å². The van der Waals surface area contributed by atoms with Gasteiger partial charge in [-0.1, -0.05) is 37.5 Å². The van der Waals surface area contributed by atoms with E-state index < -0.39 is 61.6 Å². The Hall–Kier alpha value is -3.16. The van der Waals surface area contributed by atoms with E-state index in [1.807, 2.05) is 13.8 Å². The number of aromatic nitrogens is 2. The molecule has 6 atom stereocenters. The van der Waals surface area contributed by atoms with Gasteiger partial charge in [-0.25, -0.2) is 9.36 Å². The van der Waals surface area contributed by atoms with Crippen molar-refractivity contribution in [3.63, 3.8) is 0 Å². The Bertz CT molecular complexity index is 1520. The molecule has 1 aromatic carbocycles. The molecule has 230 valence electrons. The van der Waals surface area contributed by atoms with Crippen LogP contribution in [0.4, 0.5) is 0 Å². The first-order valence-electron chi connectivity index (χ1n) is 13.1. The van der Waals surface area contributed by atoms with Gasteiger partial charge in [-0.3, -0.25) is 23.7 Å². The molecule has 3 rings (SSSR count). The SMILES string of the molecule is CCOC(=O)[C@H](C)NP(=O)(OC[C@@]1(N=[N+]=[N-])O[C@@H](n2ccc(=O)[nH]c2=O)[C@@H](C)[C@@H]1O)Oc1cc(C)c(Cl)cc1C(C)C. The van der Waals surface area contributed by atoms with Gasteiger partial charge in [0.2, 0.25) is 0 Å². The maximum absolute atomic E-state index is 14.2. The molecule has 0 bridgehead atoms. The molecule has 2 aromatic rings. The first-order chi connectivity index (χ1) is 19.7. The Morgan fingerprint density at radius 3 is 2.67 bits per heavy atom. The van der Waals surface area contributed by atoms with Crippen LogP contribution in [-0.4, -0.2) is 51.7 Å². The van der Waals surface area contributed by atoms with Crippen molar-refractivity contribution in [2.45, 2.75) is 71.6 Å². The number of aliphatic hydroxyl groups is 1. The number of hydrogen-bond donors (Lipinski definition) is 3. The number of nitrogens with one attached hydrogen (secondary N) is 2. The molecule has 0 saturated carbocycles. The predicted octanol–water partition coefficient (Wildman–Crippen LogP) is 3.90. The number of rotatable bonds is 12. The normalized spacial score (nSPS) is 24.1. The number of carbonyl (C=O) groups excluding carboxylic acids is 1. The Morgan fingerprint density at radius 1 is 1.38 bits per heavy atom. The standard InChI is InChI=1S/C25H34ClN6O9P/c1-7-38-23(35)16(6)29-42(37,41-19-10-14(4)18(26)11-17(19)13(2)3)39-12-25(30-31-27)21(34)15(5)22(40-25)32-9-8-20(33)28-24(32)36/h8-11,13,15-16,21-22,34H,7,12H2,1-6H3,(H,29,37)(H,28,33,36)/t15-,16-,21-,22+,25+,42?/m0/s1. The van der Waals surface area contributed by atoms with E-state index in [1.54, 1.807) is 26.0 Å². The summed E-state index contributed by atoms with van der Waals surface area (Å²) in [5.74, 6) is -1.59. The molecule has 3 N–H and O–H groups in total. The number of aryl methyl sites for hydroxylation is 1. The van der Waals surface area contributed by atoms with Crippen molar-refractivity contribution in [2.75, 3.05) is 13.2 Å². The molecule has 15 nitrogen and oxygen atoms in total. The van der Waals surface area contributed by atoms with Gasteiger partial charge >= 0.3 is 19.4 Å². The average Bonchev–Trinajstić information content (AvgIpc) is 3.15. The fourth-order valence-corrected chi connectivity index (χ4v) is 6.06. The van der Waals surface area contributed by atoms with Gasteiger partial charge in [0.05, 0.1) is 19.3 Å². The minimum Gasteiger partial charge on any atom is -0.465 e. The lowest BCUT2D eigenvalue weighted by molar-refractivity contribution is -0.144. The molecular formula is C25H34ClN6O9P. The molecule has 1 aromatic heterocycles. The zero-order valence-corrected chi connectivity index (χ0v) is 25.6. The maximum Gasteiger partial charge on any atom is 0.459 e. The number of esters is 1.